The molecule has 1 heterocycles. The fourth-order valence-electron chi connectivity index (χ4n) is 3.21. The Kier molecular flexibility index (Phi) is 7.75. The summed E-state index contributed by atoms with van der Waals surface area (Å²) in [5.41, 5.74) is 2.24. The third-order valence-corrected chi connectivity index (χ3v) is 7.90. The molecule has 1 unspecified atom stereocenters. The van der Waals surface area contributed by atoms with Crippen LogP contribution in [0, 0.1) is 6.92 Å². The summed E-state index contributed by atoms with van der Waals surface area (Å²) in [4.78, 5) is 18.3. The van der Waals surface area contributed by atoms with Gasteiger partial charge in [-0.3, -0.25) is 9.52 Å². The molecule has 0 saturated heterocycles. The minimum atomic E-state index is -3.70. The van der Waals surface area contributed by atoms with E-state index in [2.05, 4.69) is 15.0 Å². The third-order valence-electron chi connectivity index (χ3n) is 5.01. The van der Waals surface area contributed by atoms with Crippen molar-refractivity contribution in [1.29, 1.82) is 0 Å². The number of nitrogens with one attached hydrogen (secondary N) is 2. The summed E-state index contributed by atoms with van der Waals surface area (Å²) in [5.74, 6) is 0.168. The second-order valence-electron chi connectivity index (χ2n) is 7.70. The second kappa shape index (κ2) is 10.9. The van der Waals surface area contributed by atoms with Gasteiger partial charge >= 0.3 is 0 Å². The number of thioether (sulfide) groups is 1. The monoisotopic (exact) mass is 523 g/mol. The van der Waals surface area contributed by atoms with E-state index >= 15 is 0 Å². The lowest BCUT2D eigenvalue weighted by molar-refractivity contribution is -0.115. The van der Waals surface area contributed by atoms with Crippen molar-refractivity contribution in [3.05, 3.63) is 113 Å². The van der Waals surface area contributed by atoms with Gasteiger partial charge in [-0.15, -0.1) is 11.8 Å². The minimum absolute atomic E-state index is 0.193. The highest BCUT2D eigenvalue weighted by atomic mass is 35.5. The number of aromatic nitrogens is 1. The fourth-order valence-corrected chi connectivity index (χ4v) is 5.41. The molecule has 9 heteroatoms. The molecular formula is C26H22ClN3O3S2. The number of aryl methyl sites for hydroxylation is 1. The largest absolute Gasteiger partial charge is 0.309 e. The van der Waals surface area contributed by atoms with E-state index in [1.807, 2.05) is 37.3 Å². The SMILES string of the molecule is Cc1ccc(S(=O)(=O)Nc2ccc(SC(C(=O)Nc3ccc(Cl)cn3)c3ccccc3)cc2)cc1. The number of nitrogens with zero attached hydrogens (tertiary/aromatic N) is 1. The normalized spacial score (nSPS) is 12.1. The van der Waals surface area contributed by atoms with Crippen LogP contribution in [0.15, 0.2) is 107 Å². The van der Waals surface area contributed by atoms with Crippen molar-refractivity contribution in [3.63, 3.8) is 0 Å². The Hall–Kier alpha value is -3.33. The molecule has 0 saturated carbocycles. The van der Waals surface area contributed by atoms with Crippen molar-refractivity contribution in [2.75, 3.05) is 10.0 Å². The standard InChI is InChI=1S/C26H22ClN3O3S2/c1-18-7-14-23(15-8-18)35(32,33)30-21-10-12-22(13-11-21)34-25(19-5-3-2-4-6-19)26(31)29-24-16-9-20(27)17-28-24/h2-17,25,30H,1H3,(H,28,29,31). The fraction of sp³-hybridized carbons (Fsp3) is 0.0769. The van der Waals surface area contributed by atoms with Crippen molar-refractivity contribution in [2.24, 2.45) is 0 Å². The van der Waals surface area contributed by atoms with Crippen LogP contribution in [0.3, 0.4) is 0 Å². The number of hydrogen-bond acceptors (Lipinski definition) is 5. The van der Waals surface area contributed by atoms with E-state index in [0.29, 0.717) is 16.5 Å². The number of carbonyl (C=O) groups excluding carboxylic acids is 1. The first-order chi connectivity index (χ1) is 16.8. The number of pyridine rings is 1. The van der Waals surface area contributed by atoms with Gasteiger partial charge in [0, 0.05) is 16.8 Å². The molecule has 1 amide bonds. The molecule has 178 valence electrons. The van der Waals surface area contributed by atoms with Crippen molar-refractivity contribution < 1.29 is 13.2 Å². The first kappa shape index (κ1) is 24.8. The van der Waals surface area contributed by atoms with E-state index in [1.165, 1.54) is 18.0 Å². The van der Waals surface area contributed by atoms with Crippen molar-refractivity contribution in [2.45, 2.75) is 22.0 Å². The Labute approximate surface area is 213 Å². The van der Waals surface area contributed by atoms with Crippen LogP contribution in [0.25, 0.3) is 0 Å². The number of hydrogen-bond donors (Lipinski definition) is 2. The van der Waals surface area contributed by atoms with Crippen LogP contribution >= 0.6 is 23.4 Å². The van der Waals surface area contributed by atoms with E-state index in [0.717, 1.165) is 16.0 Å². The lowest BCUT2D eigenvalue weighted by atomic mass is 10.1. The average Bonchev–Trinajstić information content (AvgIpc) is 2.85. The summed E-state index contributed by atoms with van der Waals surface area (Å²) >= 11 is 7.24. The van der Waals surface area contributed by atoms with E-state index in [1.54, 1.807) is 60.7 Å². The van der Waals surface area contributed by atoms with E-state index < -0.39 is 15.3 Å². The molecule has 0 bridgehead atoms. The van der Waals surface area contributed by atoms with Gasteiger partial charge in [-0.2, -0.15) is 0 Å². The topological polar surface area (TPSA) is 88.2 Å². The van der Waals surface area contributed by atoms with Crippen LogP contribution in [0.2, 0.25) is 5.02 Å². The first-order valence-corrected chi connectivity index (χ1v) is 13.4. The summed E-state index contributed by atoms with van der Waals surface area (Å²) < 4.78 is 27.9. The smallest absolute Gasteiger partial charge is 0.261 e. The Morgan fingerprint density at radius 3 is 2.23 bits per heavy atom. The number of amides is 1. The molecule has 2 N–H and O–H groups in total. The molecular weight excluding hydrogens is 502 g/mol. The molecule has 3 aromatic carbocycles. The quantitative estimate of drug-likeness (QED) is 0.264. The predicted molar refractivity (Wildman–Crippen MR) is 141 cm³/mol. The molecule has 0 spiro atoms. The maximum absolute atomic E-state index is 13.1. The number of rotatable bonds is 8. The maximum atomic E-state index is 13.1. The van der Waals surface area contributed by atoms with Gasteiger partial charge in [0.2, 0.25) is 5.91 Å². The second-order valence-corrected chi connectivity index (χ2v) is 11.0. The average molecular weight is 524 g/mol. The Bertz CT molecular complexity index is 1400. The molecule has 0 fully saturated rings. The predicted octanol–water partition coefficient (Wildman–Crippen LogP) is 6.32. The van der Waals surface area contributed by atoms with Crippen molar-refractivity contribution in [3.8, 4) is 0 Å². The van der Waals surface area contributed by atoms with Crippen LogP contribution in [-0.2, 0) is 14.8 Å². The van der Waals surface area contributed by atoms with Crippen LogP contribution in [0.1, 0.15) is 16.4 Å². The minimum Gasteiger partial charge on any atom is -0.309 e. The first-order valence-electron chi connectivity index (χ1n) is 10.6. The highest BCUT2D eigenvalue weighted by Gasteiger charge is 2.23. The van der Waals surface area contributed by atoms with Gasteiger partial charge in [-0.05, 0) is 61.0 Å². The lowest BCUT2D eigenvalue weighted by Gasteiger charge is -2.17. The van der Waals surface area contributed by atoms with Gasteiger partial charge in [0.15, 0.2) is 0 Å². The molecule has 4 rings (SSSR count). The molecule has 0 radical (unpaired) electrons. The molecule has 35 heavy (non-hydrogen) atoms. The number of benzene rings is 3. The maximum Gasteiger partial charge on any atom is 0.261 e. The lowest BCUT2D eigenvalue weighted by Crippen LogP contribution is -2.19. The Morgan fingerprint density at radius 1 is 0.914 bits per heavy atom. The number of halogens is 1. The van der Waals surface area contributed by atoms with Crippen LogP contribution < -0.4 is 10.0 Å². The molecule has 1 atom stereocenters. The number of carbonyl (C=O) groups is 1. The molecule has 1 aromatic heterocycles. The van der Waals surface area contributed by atoms with E-state index in [4.69, 9.17) is 11.6 Å². The Balaban J connectivity index is 1.50. The van der Waals surface area contributed by atoms with Gasteiger partial charge in [-0.25, -0.2) is 13.4 Å². The summed E-state index contributed by atoms with van der Waals surface area (Å²) in [7, 11) is -3.70. The van der Waals surface area contributed by atoms with Gasteiger partial charge in [0.25, 0.3) is 10.0 Å². The molecule has 0 aliphatic carbocycles. The van der Waals surface area contributed by atoms with Crippen LogP contribution in [0.4, 0.5) is 11.5 Å². The molecule has 6 nitrogen and oxygen atoms in total. The van der Waals surface area contributed by atoms with E-state index in [-0.39, 0.29) is 10.8 Å². The summed E-state index contributed by atoms with van der Waals surface area (Å²) in [6.07, 6.45) is 1.47. The Morgan fingerprint density at radius 2 is 1.60 bits per heavy atom. The highest BCUT2D eigenvalue weighted by Crippen LogP contribution is 2.36. The van der Waals surface area contributed by atoms with Gasteiger partial charge in [0.1, 0.15) is 11.1 Å². The zero-order chi connectivity index (χ0) is 24.8. The van der Waals surface area contributed by atoms with Gasteiger partial charge in [-0.1, -0.05) is 59.6 Å². The highest BCUT2D eigenvalue weighted by molar-refractivity contribution is 8.00. The van der Waals surface area contributed by atoms with E-state index in [9.17, 15) is 13.2 Å². The summed E-state index contributed by atoms with van der Waals surface area (Å²) in [6.45, 7) is 1.90. The number of sulfonamides is 1. The third kappa shape index (κ3) is 6.63. The summed E-state index contributed by atoms with van der Waals surface area (Å²) in [5, 5.41) is 2.76. The van der Waals surface area contributed by atoms with Crippen LogP contribution in [-0.4, -0.2) is 19.3 Å². The van der Waals surface area contributed by atoms with Crippen molar-refractivity contribution in [1.82, 2.24) is 4.98 Å². The molecule has 0 aliphatic rings. The van der Waals surface area contributed by atoms with Gasteiger partial charge in [0.05, 0.1) is 9.92 Å². The number of anilines is 2. The zero-order valence-corrected chi connectivity index (χ0v) is 21.1. The summed E-state index contributed by atoms with van der Waals surface area (Å²) in [6, 6.07) is 26.3. The van der Waals surface area contributed by atoms with Crippen molar-refractivity contribution >= 4 is 50.8 Å². The zero-order valence-electron chi connectivity index (χ0n) is 18.7. The van der Waals surface area contributed by atoms with Gasteiger partial charge < -0.3 is 5.32 Å². The molecule has 4 aromatic rings. The van der Waals surface area contributed by atoms with Crippen LogP contribution in [0.5, 0.6) is 0 Å². The molecule has 0 aliphatic heterocycles.